The van der Waals surface area contributed by atoms with Crippen LogP contribution in [0, 0.1) is 17.8 Å². The normalized spacial score (nSPS) is 14.0. The number of carboxylic acids is 1. The minimum Gasteiger partial charge on any atom is -0.546 e. The van der Waals surface area contributed by atoms with E-state index >= 15 is 0 Å². The zero-order valence-electron chi connectivity index (χ0n) is 67.4. The van der Waals surface area contributed by atoms with Crippen molar-refractivity contribution in [3.63, 3.8) is 0 Å². The molecule has 0 aliphatic carbocycles. The van der Waals surface area contributed by atoms with Crippen molar-refractivity contribution in [2.45, 2.75) is 157 Å². The Kier molecular flexibility index (Phi) is 39.7. The van der Waals surface area contributed by atoms with Gasteiger partial charge < -0.3 is 67.2 Å². The molecule has 0 atom stereocenters. The van der Waals surface area contributed by atoms with Crippen LogP contribution in [0.3, 0.4) is 0 Å². The summed E-state index contributed by atoms with van der Waals surface area (Å²) in [4.78, 5) is 115. The summed E-state index contributed by atoms with van der Waals surface area (Å²) in [5.74, 6) is 1.40. The molecule has 0 saturated carbocycles. The van der Waals surface area contributed by atoms with Gasteiger partial charge >= 0.3 is 59.4 Å². The number of anilines is 3. The zero-order chi connectivity index (χ0) is 86.4. The number of carbonyl (C=O) groups is 5. The van der Waals surface area contributed by atoms with Crippen LogP contribution in [0.5, 0.6) is 29.5 Å². The van der Waals surface area contributed by atoms with Crippen LogP contribution in [0.25, 0.3) is 21.1 Å². The summed E-state index contributed by atoms with van der Waals surface area (Å²) in [7, 11) is 5.19. The first kappa shape index (κ1) is 101. The summed E-state index contributed by atoms with van der Waals surface area (Å²) in [5.41, 5.74) is -4.77. The smallest absolute Gasteiger partial charge is 0.546 e. The quantitative estimate of drug-likeness (QED) is 0.0225. The zero-order valence-corrected chi connectivity index (χ0v) is 78.6. The van der Waals surface area contributed by atoms with Crippen LogP contribution in [0.1, 0.15) is 129 Å². The fourth-order valence-electron chi connectivity index (χ4n) is 10.2. The molecule has 0 unspecified atom stereocenters. The van der Waals surface area contributed by atoms with Crippen molar-refractivity contribution in [3.05, 3.63) is 111 Å². The Balaban J connectivity index is 0.000000257. The molecule has 11 rings (SSSR count). The molecule has 8 aromatic rings. The van der Waals surface area contributed by atoms with Crippen LogP contribution in [-0.4, -0.2) is 185 Å². The van der Waals surface area contributed by atoms with E-state index in [4.69, 9.17) is 154 Å². The molecular formula is C74H88Cl10N15NaO15S2. The number of hydrogen-bond donors (Lipinski definition) is 0. The van der Waals surface area contributed by atoms with E-state index in [1.54, 1.807) is 59.7 Å². The van der Waals surface area contributed by atoms with Crippen LogP contribution in [0.4, 0.5) is 17.8 Å². The van der Waals surface area contributed by atoms with E-state index in [0.29, 0.717) is 61.0 Å². The Morgan fingerprint density at radius 1 is 0.359 bits per heavy atom. The SMILES string of the molecule is CC1CCN(c2nc(OC(C)(C)C(=O)[O-])cc(-c3ccc(Cl)s3)n2)CC1.COC(=O)C(C)(C)Oc1cc(-c2ccc(Cl)s2)nc(N2CCC(C)CC2)n1.COC(=O)C(C)(C)Oc1cc(Cl)nc(Cl)n1.COC(=O)C(C)(C)Oc1cc(Cl)nc(N2CCC(C)CC2)n1.COC(=O)C(C)(C)Oc1nc(Cl)cc(Cl)n1.Clc1cc(Cl)nc(Cl)n1.[Na+]. The van der Waals surface area contributed by atoms with Crippen LogP contribution in [0.15, 0.2) is 60.7 Å². The monoisotopic (exact) mass is 1860 g/mol. The predicted octanol–water partition coefficient (Wildman–Crippen LogP) is 13.8. The second-order valence-electron chi connectivity index (χ2n) is 28.5. The number of ether oxygens (including phenoxy) is 9. The van der Waals surface area contributed by atoms with Gasteiger partial charge in [0.25, 0.3) is 0 Å². The molecule has 0 bridgehead atoms. The standard InChI is InChI=1S/C19H24ClN3O3S.C18H22ClN3O3S.C15H22ClN3O3.2C9H10Cl2N2O3.C4HCl3N2.Na/c1-12-7-9-23(10-8-12)18-21-13(14-5-6-15(20)27-14)11-16(22-18)26-19(2,3)17(24)25-4;1-11-6-8-22(9-7-11)17-20-12(13-4-5-14(19)26-13)10-15(21-17)25-18(2,3)16(23)24;1-10-5-7-19(8-6-10)14-17-11(16)9-12(18-14)22-15(2,3)13(20)21-4;1-9(2,7(14)15-3)16-6-4-5(10)12-8(11)13-6;1-9(2,7(14)15-3)16-8-12-5(10)4-6(11)13-8;5-2-1-3(6)9-4(7)8-2;/h5-6,11-12H,7-10H2,1-4H3;4-5,10-11H,6-9H2,1-3H3,(H,23,24);9-10H,5-8H2,1-4H3;2*4H,1-3H3;1H;/q;;;;;;+1/p-1. The number of halogens is 10. The maximum Gasteiger partial charge on any atom is 1.00 e. The molecule has 3 saturated heterocycles. The first-order chi connectivity index (χ1) is 54.2. The molecule has 0 aromatic carbocycles. The molecule has 11 heterocycles. The Morgan fingerprint density at radius 2 is 0.624 bits per heavy atom. The molecule has 0 N–H and O–H groups in total. The third-order valence-electron chi connectivity index (χ3n) is 16.8. The number of carbonyl (C=O) groups excluding carboxylic acids is 5. The van der Waals surface area contributed by atoms with E-state index in [1.807, 2.05) is 18.2 Å². The number of piperidine rings is 3. The van der Waals surface area contributed by atoms with Crippen molar-refractivity contribution >= 4 is 186 Å². The Bertz CT molecular complexity index is 4490. The second-order valence-corrected chi connectivity index (χ2v) is 34.9. The van der Waals surface area contributed by atoms with E-state index in [9.17, 15) is 29.1 Å². The summed E-state index contributed by atoms with van der Waals surface area (Å²) >= 11 is 59.8. The van der Waals surface area contributed by atoms with Gasteiger partial charge in [0.2, 0.25) is 74.3 Å². The number of thiophene rings is 2. The van der Waals surface area contributed by atoms with Gasteiger partial charge in [-0.3, -0.25) is 0 Å². The fourth-order valence-corrected chi connectivity index (χ4v) is 13.9. The van der Waals surface area contributed by atoms with E-state index in [0.717, 1.165) is 93.2 Å². The third kappa shape index (κ3) is 32.8. The van der Waals surface area contributed by atoms with E-state index in [-0.39, 0.29) is 89.5 Å². The molecule has 8 aromatic heterocycles. The maximum atomic E-state index is 12.0. The molecule has 3 aliphatic heterocycles. The second kappa shape index (κ2) is 46.0. The van der Waals surface area contributed by atoms with Crippen LogP contribution in [-0.2, 0) is 42.9 Å². The Labute approximate surface area is 758 Å². The largest absolute Gasteiger partial charge is 1.00 e. The summed E-state index contributed by atoms with van der Waals surface area (Å²) < 4.78 is 47.8. The van der Waals surface area contributed by atoms with Crippen molar-refractivity contribution < 1.29 is 101 Å². The van der Waals surface area contributed by atoms with Crippen molar-refractivity contribution in [2.75, 3.05) is 82.4 Å². The van der Waals surface area contributed by atoms with Crippen LogP contribution >= 0.6 is 139 Å². The number of hydrogen-bond acceptors (Lipinski definition) is 32. The van der Waals surface area contributed by atoms with Gasteiger partial charge in [-0.15, -0.1) is 22.7 Å². The predicted molar refractivity (Wildman–Crippen MR) is 447 cm³/mol. The van der Waals surface area contributed by atoms with Crippen molar-refractivity contribution in [1.82, 2.24) is 59.8 Å². The minimum absolute atomic E-state index is 0. The summed E-state index contributed by atoms with van der Waals surface area (Å²) in [6.45, 7) is 27.6. The van der Waals surface area contributed by atoms with Gasteiger partial charge in [-0.05, 0) is 173 Å². The van der Waals surface area contributed by atoms with Gasteiger partial charge in [0, 0.05) is 75.7 Å². The van der Waals surface area contributed by atoms with Gasteiger partial charge in [0.05, 0.1) is 64.2 Å². The molecule has 43 heteroatoms. The molecule has 30 nitrogen and oxygen atoms in total. The van der Waals surface area contributed by atoms with Gasteiger partial charge in [0.15, 0.2) is 0 Å². The Morgan fingerprint density at radius 3 is 0.915 bits per heavy atom. The van der Waals surface area contributed by atoms with Crippen molar-refractivity contribution in [2.24, 2.45) is 17.8 Å². The number of rotatable bonds is 20. The molecule has 117 heavy (non-hydrogen) atoms. The number of methoxy groups -OCH3 is 4. The van der Waals surface area contributed by atoms with Crippen molar-refractivity contribution in [3.8, 4) is 50.7 Å². The van der Waals surface area contributed by atoms with E-state index < -0.39 is 57.9 Å². The minimum atomic E-state index is -1.49. The topological polar surface area (TPSA) is 356 Å². The van der Waals surface area contributed by atoms with E-state index in [1.165, 1.54) is 103 Å². The summed E-state index contributed by atoms with van der Waals surface area (Å²) in [5, 5.41) is 12.5. The van der Waals surface area contributed by atoms with Gasteiger partial charge in [0.1, 0.15) is 36.5 Å². The summed E-state index contributed by atoms with van der Waals surface area (Å²) in [6, 6.07) is 16.4. The maximum absolute atomic E-state index is 12.0. The first-order valence-corrected chi connectivity index (χ1v) is 41.0. The number of esters is 4. The molecule has 632 valence electrons. The third-order valence-corrected chi connectivity index (χ3v) is 20.8. The number of aliphatic carboxylic acids is 1. The first-order valence-electron chi connectivity index (χ1n) is 35.6. The van der Waals surface area contributed by atoms with E-state index in [2.05, 4.69) is 99.8 Å². The van der Waals surface area contributed by atoms with Crippen molar-refractivity contribution in [1.29, 1.82) is 0 Å². The van der Waals surface area contributed by atoms with Gasteiger partial charge in [-0.1, -0.05) is 114 Å². The number of nitrogens with zero attached hydrogens (tertiary/aromatic N) is 15. The van der Waals surface area contributed by atoms with Crippen LogP contribution < -0.4 is 73.0 Å². The molecular weight excluding hydrogens is 1780 g/mol. The average molecular weight is 1870 g/mol. The van der Waals surface area contributed by atoms with Crippen LogP contribution in [0.2, 0.25) is 50.2 Å². The fraction of sp³-hybridized carbons (Fsp3) is 0.500. The molecule has 0 spiro atoms. The average Bonchev–Trinajstić information content (AvgIpc) is 1.80. The molecule has 3 fully saturated rings. The number of aromatic nitrogens is 12. The number of carboxylic acid groups (broad SMARTS) is 1. The van der Waals surface area contributed by atoms with Gasteiger partial charge in [-0.2, -0.15) is 29.9 Å². The Hall–Kier alpha value is -6.47. The molecule has 0 radical (unpaired) electrons. The molecule has 3 aliphatic rings. The van der Waals surface area contributed by atoms with Gasteiger partial charge in [-0.25, -0.2) is 49.1 Å². The summed E-state index contributed by atoms with van der Waals surface area (Å²) in [6.07, 6.45) is 6.53. The molecule has 0 amide bonds.